The maximum absolute atomic E-state index is 3.35. The van der Waals surface area contributed by atoms with Gasteiger partial charge in [0.15, 0.2) is 0 Å². The normalized spacial score (nSPS) is 11.6. The summed E-state index contributed by atoms with van der Waals surface area (Å²) in [6.45, 7) is 10.9. The second-order valence-electron chi connectivity index (χ2n) is 6.29. The van der Waals surface area contributed by atoms with E-state index in [1.54, 1.807) is 0 Å². The van der Waals surface area contributed by atoms with Gasteiger partial charge < -0.3 is 5.32 Å². The molecule has 0 saturated carbocycles. The molecule has 1 nitrogen and oxygen atoms in total. The molecule has 0 aliphatic carbocycles. The lowest BCUT2D eigenvalue weighted by atomic mass is 9.82. The lowest BCUT2D eigenvalue weighted by Crippen LogP contribution is -2.14. The molecule has 0 saturated heterocycles. The number of rotatable bonds is 6. The second kappa shape index (κ2) is 6.91. The SMILES string of the molecule is CCNCc1ccc(-c2ccc(C(C)(C)CC)cc2)cc1. The highest BCUT2D eigenvalue weighted by Gasteiger charge is 2.17. The van der Waals surface area contributed by atoms with Crippen molar-refractivity contribution in [3.8, 4) is 11.1 Å². The smallest absolute Gasteiger partial charge is 0.0205 e. The summed E-state index contributed by atoms with van der Waals surface area (Å²) in [4.78, 5) is 0. The molecular weight excluding hydrogens is 254 g/mol. The van der Waals surface area contributed by atoms with Crippen molar-refractivity contribution in [3.63, 3.8) is 0 Å². The summed E-state index contributed by atoms with van der Waals surface area (Å²) in [5.41, 5.74) is 5.59. The van der Waals surface area contributed by atoms with E-state index in [-0.39, 0.29) is 5.41 Å². The predicted octanol–water partition coefficient (Wildman–Crippen LogP) is 5.15. The largest absolute Gasteiger partial charge is 0.313 e. The van der Waals surface area contributed by atoms with Gasteiger partial charge >= 0.3 is 0 Å². The van der Waals surface area contributed by atoms with Gasteiger partial charge in [-0.3, -0.25) is 0 Å². The van der Waals surface area contributed by atoms with E-state index in [0.717, 1.165) is 19.5 Å². The molecule has 0 amide bonds. The molecule has 112 valence electrons. The molecule has 0 atom stereocenters. The average molecular weight is 281 g/mol. The molecule has 0 heterocycles. The Bertz CT molecular complexity index is 549. The summed E-state index contributed by atoms with van der Waals surface area (Å²) >= 11 is 0. The first-order valence-corrected chi connectivity index (χ1v) is 7.97. The van der Waals surface area contributed by atoms with Crippen molar-refractivity contribution in [3.05, 3.63) is 59.7 Å². The molecule has 1 N–H and O–H groups in total. The van der Waals surface area contributed by atoms with Crippen molar-refractivity contribution in [2.24, 2.45) is 0 Å². The second-order valence-corrected chi connectivity index (χ2v) is 6.29. The summed E-state index contributed by atoms with van der Waals surface area (Å²) in [6.07, 6.45) is 1.16. The molecule has 0 bridgehead atoms. The van der Waals surface area contributed by atoms with Gasteiger partial charge in [-0.25, -0.2) is 0 Å². The molecule has 0 fully saturated rings. The van der Waals surface area contributed by atoms with Crippen LogP contribution < -0.4 is 5.32 Å². The van der Waals surface area contributed by atoms with Crippen LogP contribution in [0.15, 0.2) is 48.5 Å². The van der Waals surface area contributed by atoms with E-state index in [4.69, 9.17) is 0 Å². The average Bonchev–Trinajstić information content (AvgIpc) is 2.53. The Morgan fingerprint density at radius 3 is 1.81 bits per heavy atom. The summed E-state index contributed by atoms with van der Waals surface area (Å²) in [7, 11) is 0. The van der Waals surface area contributed by atoms with Crippen molar-refractivity contribution in [1.29, 1.82) is 0 Å². The molecule has 0 aliphatic rings. The van der Waals surface area contributed by atoms with Gasteiger partial charge in [-0.15, -0.1) is 0 Å². The van der Waals surface area contributed by atoms with E-state index in [1.807, 2.05) is 0 Å². The molecule has 0 spiro atoms. The third kappa shape index (κ3) is 3.95. The van der Waals surface area contributed by atoms with Gasteiger partial charge in [0, 0.05) is 6.54 Å². The van der Waals surface area contributed by atoms with E-state index >= 15 is 0 Å². The highest BCUT2D eigenvalue weighted by Crippen LogP contribution is 2.29. The molecular formula is C20H27N. The van der Waals surface area contributed by atoms with Crippen molar-refractivity contribution in [2.45, 2.75) is 46.1 Å². The van der Waals surface area contributed by atoms with Crippen LogP contribution in [0.1, 0.15) is 45.2 Å². The number of hydrogen-bond acceptors (Lipinski definition) is 1. The monoisotopic (exact) mass is 281 g/mol. The van der Waals surface area contributed by atoms with Crippen LogP contribution >= 0.6 is 0 Å². The molecule has 2 aromatic carbocycles. The zero-order valence-electron chi connectivity index (χ0n) is 13.7. The van der Waals surface area contributed by atoms with Crippen LogP contribution in [0, 0.1) is 0 Å². The Morgan fingerprint density at radius 1 is 0.810 bits per heavy atom. The Labute approximate surface area is 129 Å². The van der Waals surface area contributed by atoms with E-state index in [0.29, 0.717) is 0 Å². The molecule has 0 aliphatic heterocycles. The molecule has 2 aromatic rings. The topological polar surface area (TPSA) is 12.0 Å². The summed E-state index contributed by atoms with van der Waals surface area (Å²) in [5, 5.41) is 3.35. The number of nitrogens with one attached hydrogen (secondary N) is 1. The zero-order valence-corrected chi connectivity index (χ0v) is 13.7. The molecule has 1 heteroatoms. The van der Waals surface area contributed by atoms with Gasteiger partial charge in [0.2, 0.25) is 0 Å². The first-order valence-electron chi connectivity index (χ1n) is 7.97. The molecule has 2 rings (SSSR count). The Morgan fingerprint density at radius 2 is 1.33 bits per heavy atom. The van der Waals surface area contributed by atoms with Crippen molar-refractivity contribution >= 4 is 0 Å². The fourth-order valence-corrected chi connectivity index (χ4v) is 2.40. The Hall–Kier alpha value is -1.60. The van der Waals surface area contributed by atoms with Crippen molar-refractivity contribution in [2.75, 3.05) is 6.54 Å². The van der Waals surface area contributed by atoms with Crippen molar-refractivity contribution in [1.82, 2.24) is 5.32 Å². The molecule has 0 aromatic heterocycles. The van der Waals surface area contributed by atoms with E-state index < -0.39 is 0 Å². The van der Waals surface area contributed by atoms with Gasteiger partial charge in [0.05, 0.1) is 0 Å². The highest BCUT2D eigenvalue weighted by atomic mass is 14.8. The lowest BCUT2D eigenvalue weighted by molar-refractivity contribution is 0.506. The summed E-state index contributed by atoms with van der Waals surface area (Å²) < 4.78 is 0. The first kappa shape index (κ1) is 15.8. The third-order valence-corrected chi connectivity index (χ3v) is 4.42. The van der Waals surface area contributed by atoms with Crippen LogP contribution in [0.2, 0.25) is 0 Å². The van der Waals surface area contributed by atoms with Crippen LogP contribution in [0.5, 0.6) is 0 Å². The Balaban J connectivity index is 2.15. The van der Waals surface area contributed by atoms with Gasteiger partial charge in [-0.1, -0.05) is 76.2 Å². The van der Waals surface area contributed by atoms with Gasteiger partial charge in [0.1, 0.15) is 0 Å². The quantitative estimate of drug-likeness (QED) is 0.772. The van der Waals surface area contributed by atoms with E-state index in [9.17, 15) is 0 Å². The van der Waals surface area contributed by atoms with Crippen LogP contribution in [-0.4, -0.2) is 6.54 Å². The minimum absolute atomic E-state index is 0.258. The van der Waals surface area contributed by atoms with E-state index in [1.165, 1.54) is 22.3 Å². The first-order chi connectivity index (χ1) is 10.1. The minimum atomic E-state index is 0.258. The van der Waals surface area contributed by atoms with Gasteiger partial charge in [-0.05, 0) is 40.6 Å². The van der Waals surface area contributed by atoms with Gasteiger partial charge in [0.25, 0.3) is 0 Å². The third-order valence-electron chi connectivity index (χ3n) is 4.42. The summed E-state index contributed by atoms with van der Waals surface area (Å²) in [6, 6.07) is 17.9. The maximum Gasteiger partial charge on any atom is 0.0205 e. The van der Waals surface area contributed by atoms with Crippen LogP contribution in [0.4, 0.5) is 0 Å². The van der Waals surface area contributed by atoms with E-state index in [2.05, 4.69) is 81.5 Å². The fraction of sp³-hybridized carbons (Fsp3) is 0.400. The number of benzene rings is 2. The van der Waals surface area contributed by atoms with Crippen LogP contribution in [0.25, 0.3) is 11.1 Å². The Kier molecular flexibility index (Phi) is 5.19. The van der Waals surface area contributed by atoms with Gasteiger partial charge in [-0.2, -0.15) is 0 Å². The molecule has 0 radical (unpaired) electrons. The van der Waals surface area contributed by atoms with Crippen LogP contribution in [-0.2, 0) is 12.0 Å². The minimum Gasteiger partial charge on any atom is -0.313 e. The highest BCUT2D eigenvalue weighted by molar-refractivity contribution is 5.64. The summed E-state index contributed by atoms with van der Waals surface area (Å²) in [5.74, 6) is 0. The standard InChI is InChI=1S/C20H27N/c1-5-20(3,4)19-13-11-18(12-14-19)17-9-7-16(8-10-17)15-21-6-2/h7-14,21H,5-6,15H2,1-4H3. The number of hydrogen-bond donors (Lipinski definition) is 1. The predicted molar refractivity (Wildman–Crippen MR) is 92.6 cm³/mol. The van der Waals surface area contributed by atoms with Crippen molar-refractivity contribution < 1.29 is 0 Å². The van der Waals surface area contributed by atoms with Crippen LogP contribution in [0.3, 0.4) is 0 Å². The maximum atomic E-state index is 3.35. The lowest BCUT2D eigenvalue weighted by Gasteiger charge is -2.23. The molecule has 21 heavy (non-hydrogen) atoms. The molecule has 0 unspecified atom stereocenters. The zero-order chi connectivity index (χ0) is 15.3. The fourth-order valence-electron chi connectivity index (χ4n) is 2.40.